The van der Waals surface area contributed by atoms with E-state index >= 15 is 0 Å². The largest absolute Gasteiger partial charge is 0.369 e. The summed E-state index contributed by atoms with van der Waals surface area (Å²) in [5, 5.41) is 0.837. The third kappa shape index (κ3) is 2.84. The molecule has 0 spiro atoms. The van der Waals surface area contributed by atoms with Gasteiger partial charge < -0.3 is 4.90 Å². The molecular formula is C18H23ClN2. The van der Waals surface area contributed by atoms with Gasteiger partial charge in [-0.15, -0.1) is 0 Å². The molecule has 0 amide bonds. The quantitative estimate of drug-likeness (QED) is 0.786. The maximum Gasteiger partial charge on any atom is 0.0426 e. The highest BCUT2D eigenvalue weighted by Crippen LogP contribution is 2.43. The number of halogens is 1. The Morgan fingerprint density at radius 3 is 2.57 bits per heavy atom. The zero-order valence-corrected chi connectivity index (χ0v) is 13.2. The van der Waals surface area contributed by atoms with Crippen molar-refractivity contribution in [3.8, 4) is 0 Å². The first-order valence-corrected chi connectivity index (χ1v) is 8.57. The van der Waals surface area contributed by atoms with Crippen LogP contribution in [0.25, 0.3) is 0 Å². The minimum atomic E-state index is 0.837. The van der Waals surface area contributed by atoms with Gasteiger partial charge in [0, 0.05) is 43.4 Å². The third-order valence-corrected chi connectivity index (χ3v) is 5.69. The van der Waals surface area contributed by atoms with Gasteiger partial charge in [-0.25, -0.2) is 0 Å². The minimum Gasteiger partial charge on any atom is -0.369 e. The summed E-state index contributed by atoms with van der Waals surface area (Å²) in [5.74, 6) is 2.69. The van der Waals surface area contributed by atoms with Crippen molar-refractivity contribution in [2.24, 2.45) is 17.8 Å². The van der Waals surface area contributed by atoms with Crippen LogP contribution in [-0.2, 0) is 0 Å². The summed E-state index contributed by atoms with van der Waals surface area (Å²) in [7, 11) is 0. The molecule has 0 radical (unpaired) electrons. The van der Waals surface area contributed by atoms with Gasteiger partial charge in [-0.2, -0.15) is 0 Å². The molecule has 0 N–H and O–H groups in total. The molecule has 3 aliphatic rings. The molecule has 3 heteroatoms. The van der Waals surface area contributed by atoms with Crippen molar-refractivity contribution in [1.82, 2.24) is 4.90 Å². The average molecular weight is 303 g/mol. The predicted molar refractivity (Wildman–Crippen MR) is 88.9 cm³/mol. The van der Waals surface area contributed by atoms with Crippen LogP contribution in [0.3, 0.4) is 0 Å². The molecule has 1 aromatic rings. The van der Waals surface area contributed by atoms with Crippen molar-refractivity contribution < 1.29 is 0 Å². The highest BCUT2D eigenvalue weighted by Gasteiger charge is 2.36. The Hall–Kier alpha value is -0.990. The van der Waals surface area contributed by atoms with E-state index in [1.807, 2.05) is 12.1 Å². The van der Waals surface area contributed by atoms with E-state index in [1.165, 1.54) is 38.2 Å². The molecule has 2 bridgehead atoms. The first-order valence-electron chi connectivity index (χ1n) is 8.19. The van der Waals surface area contributed by atoms with Gasteiger partial charge in [-0.05, 0) is 48.8 Å². The van der Waals surface area contributed by atoms with Crippen molar-refractivity contribution in [1.29, 1.82) is 0 Å². The molecule has 0 aromatic heterocycles. The fraction of sp³-hybridized carbons (Fsp3) is 0.556. The maximum absolute atomic E-state index is 6.10. The van der Waals surface area contributed by atoms with Crippen LogP contribution in [0.4, 0.5) is 5.69 Å². The topological polar surface area (TPSA) is 6.48 Å². The molecule has 2 fully saturated rings. The number of hydrogen-bond donors (Lipinski definition) is 0. The molecule has 1 aromatic carbocycles. The van der Waals surface area contributed by atoms with Gasteiger partial charge in [0.2, 0.25) is 0 Å². The molecule has 4 rings (SSSR count). The smallest absolute Gasteiger partial charge is 0.0426 e. The molecule has 1 aliphatic heterocycles. The first-order chi connectivity index (χ1) is 10.3. The van der Waals surface area contributed by atoms with Crippen LogP contribution < -0.4 is 4.90 Å². The van der Waals surface area contributed by atoms with E-state index < -0.39 is 0 Å². The molecule has 1 saturated carbocycles. The fourth-order valence-electron chi connectivity index (χ4n) is 4.30. The van der Waals surface area contributed by atoms with Crippen molar-refractivity contribution in [2.75, 3.05) is 37.6 Å². The SMILES string of the molecule is Clc1cccc(N2CCN(C[C@H]3C[C@@H]4C=C[C@H]3C4)CC2)c1. The van der Waals surface area contributed by atoms with Gasteiger partial charge in [-0.1, -0.05) is 29.8 Å². The molecule has 2 nitrogen and oxygen atoms in total. The van der Waals surface area contributed by atoms with E-state index in [0.717, 1.165) is 35.9 Å². The summed E-state index contributed by atoms with van der Waals surface area (Å²) in [4.78, 5) is 5.13. The van der Waals surface area contributed by atoms with E-state index in [9.17, 15) is 0 Å². The summed E-state index contributed by atoms with van der Waals surface area (Å²) < 4.78 is 0. The van der Waals surface area contributed by atoms with Gasteiger partial charge in [0.25, 0.3) is 0 Å². The first kappa shape index (κ1) is 13.7. The molecular weight excluding hydrogens is 280 g/mol. The molecule has 2 aliphatic carbocycles. The molecule has 1 heterocycles. The van der Waals surface area contributed by atoms with E-state index in [-0.39, 0.29) is 0 Å². The van der Waals surface area contributed by atoms with Crippen LogP contribution >= 0.6 is 11.6 Å². The predicted octanol–water partition coefficient (Wildman–Crippen LogP) is 3.67. The Kier molecular flexibility index (Phi) is 3.68. The van der Waals surface area contributed by atoms with Gasteiger partial charge >= 0.3 is 0 Å². The number of anilines is 1. The average Bonchev–Trinajstić information content (AvgIpc) is 3.11. The van der Waals surface area contributed by atoms with Crippen LogP contribution in [-0.4, -0.2) is 37.6 Å². The number of allylic oxidation sites excluding steroid dienone is 2. The lowest BCUT2D eigenvalue weighted by Gasteiger charge is -2.38. The number of nitrogens with zero attached hydrogens (tertiary/aromatic N) is 2. The normalized spacial score (nSPS) is 32.0. The van der Waals surface area contributed by atoms with Gasteiger partial charge in [0.1, 0.15) is 0 Å². The van der Waals surface area contributed by atoms with Crippen molar-refractivity contribution in [3.63, 3.8) is 0 Å². The van der Waals surface area contributed by atoms with Crippen molar-refractivity contribution in [3.05, 3.63) is 41.4 Å². The third-order valence-electron chi connectivity index (χ3n) is 5.45. The van der Waals surface area contributed by atoms with E-state index in [1.54, 1.807) is 0 Å². The minimum absolute atomic E-state index is 0.837. The fourth-order valence-corrected chi connectivity index (χ4v) is 4.48. The molecule has 0 unspecified atom stereocenters. The summed E-state index contributed by atoms with van der Waals surface area (Å²) >= 11 is 6.10. The lowest BCUT2D eigenvalue weighted by Crippen LogP contribution is -2.48. The lowest BCUT2D eigenvalue weighted by atomic mass is 9.93. The van der Waals surface area contributed by atoms with E-state index in [0.29, 0.717) is 0 Å². The summed E-state index contributed by atoms with van der Waals surface area (Å²) in [6.07, 6.45) is 7.77. The van der Waals surface area contributed by atoms with Crippen LogP contribution in [0.2, 0.25) is 5.02 Å². The molecule has 21 heavy (non-hydrogen) atoms. The van der Waals surface area contributed by atoms with Gasteiger partial charge in [-0.3, -0.25) is 4.90 Å². The Labute approximate surface area is 132 Å². The van der Waals surface area contributed by atoms with E-state index in [2.05, 4.69) is 34.1 Å². The summed E-state index contributed by atoms with van der Waals surface area (Å²) in [6, 6.07) is 8.25. The number of piperazine rings is 1. The second-order valence-corrected chi connectivity index (χ2v) is 7.24. The molecule has 3 atom stereocenters. The van der Waals surface area contributed by atoms with Crippen molar-refractivity contribution in [2.45, 2.75) is 12.8 Å². The Morgan fingerprint density at radius 2 is 1.90 bits per heavy atom. The number of benzene rings is 1. The van der Waals surface area contributed by atoms with Crippen molar-refractivity contribution >= 4 is 17.3 Å². The highest BCUT2D eigenvalue weighted by molar-refractivity contribution is 6.30. The zero-order valence-electron chi connectivity index (χ0n) is 12.4. The van der Waals surface area contributed by atoms with Gasteiger partial charge in [0.05, 0.1) is 0 Å². The zero-order chi connectivity index (χ0) is 14.2. The monoisotopic (exact) mass is 302 g/mol. The number of fused-ring (bicyclic) bond motifs is 2. The highest BCUT2D eigenvalue weighted by atomic mass is 35.5. The van der Waals surface area contributed by atoms with E-state index in [4.69, 9.17) is 11.6 Å². The second-order valence-electron chi connectivity index (χ2n) is 6.81. The standard InChI is InChI=1S/C18H23ClN2/c19-17-2-1-3-18(12-17)21-8-6-20(7-9-21)13-16-11-14-4-5-15(16)10-14/h1-5,12,14-16H,6-11,13H2/t14-,15+,16-/m1/s1. The second kappa shape index (κ2) is 5.66. The Morgan fingerprint density at radius 1 is 1.05 bits per heavy atom. The summed E-state index contributed by atoms with van der Waals surface area (Å²) in [5.41, 5.74) is 1.27. The maximum atomic E-state index is 6.10. The Balaban J connectivity index is 1.32. The number of hydrogen-bond acceptors (Lipinski definition) is 2. The number of rotatable bonds is 3. The van der Waals surface area contributed by atoms with Crippen LogP contribution in [0.15, 0.2) is 36.4 Å². The van der Waals surface area contributed by atoms with Crippen LogP contribution in [0.1, 0.15) is 12.8 Å². The lowest BCUT2D eigenvalue weighted by molar-refractivity contribution is 0.204. The van der Waals surface area contributed by atoms with Gasteiger partial charge in [0.15, 0.2) is 0 Å². The van der Waals surface area contributed by atoms with Crippen LogP contribution in [0.5, 0.6) is 0 Å². The van der Waals surface area contributed by atoms with Crippen LogP contribution in [0, 0.1) is 17.8 Å². The molecule has 1 saturated heterocycles. The summed E-state index contributed by atoms with van der Waals surface area (Å²) in [6.45, 7) is 5.91. The molecule has 112 valence electrons. The Bertz CT molecular complexity index is 534.